The van der Waals surface area contributed by atoms with Gasteiger partial charge in [-0.25, -0.2) is 12.8 Å². The lowest BCUT2D eigenvalue weighted by Crippen LogP contribution is -2.29. The Kier molecular flexibility index (Phi) is 6.62. The van der Waals surface area contributed by atoms with Crippen molar-refractivity contribution in [2.75, 3.05) is 30.0 Å². The van der Waals surface area contributed by atoms with Gasteiger partial charge in [-0.2, -0.15) is 0 Å². The molecule has 1 amide bonds. The van der Waals surface area contributed by atoms with Crippen LogP contribution in [0, 0.1) is 11.7 Å². The highest BCUT2D eigenvalue weighted by Crippen LogP contribution is 2.29. The third-order valence-electron chi connectivity index (χ3n) is 3.67. The van der Waals surface area contributed by atoms with Crippen LogP contribution >= 0.6 is 0 Å². The lowest BCUT2D eigenvalue weighted by molar-refractivity contribution is -0.118. The summed E-state index contributed by atoms with van der Waals surface area (Å²) in [6.07, 6.45) is 0. The van der Waals surface area contributed by atoms with Crippen molar-refractivity contribution in [1.29, 1.82) is 0 Å². The van der Waals surface area contributed by atoms with Gasteiger partial charge < -0.3 is 14.8 Å². The summed E-state index contributed by atoms with van der Waals surface area (Å²) in [6.45, 7) is 1.49. The van der Waals surface area contributed by atoms with Crippen LogP contribution in [0.3, 0.4) is 0 Å². The highest BCUT2D eigenvalue weighted by Gasteiger charge is 2.22. The number of ether oxygens (including phenoxy) is 2. The van der Waals surface area contributed by atoms with Crippen molar-refractivity contribution in [2.24, 2.45) is 5.92 Å². The number of halogens is 1. The summed E-state index contributed by atoms with van der Waals surface area (Å²) in [4.78, 5) is 12.3. The number of amides is 1. The van der Waals surface area contributed by atoms with Gasteiger partial charge in [-0.1, -0.05) is 13.0 Å². The maximum atomic E-state index is 13.2. The summed E-state index contributed by atoms with van der Waals surface area (Å²) in [7, 11) is -0.870. The first-order valence-corrected chi connectivity index (χ1v) is 9.68. The third-order valence-corrected chi connectivity index (χ3v) is 5.15. The van der Waals surface area contributed by atoms with E-state index < -0.39 is 33.4 Å². The van der Waals surface area contributed by atoms with Crippen molar-refractivity contribution < 1.29 is 27.1 Å². The van der Waals surface area contributed by atoms with Gasteiger partial charge in [0.15, 0.2) is 11.5 Å². The van der Waals surface area contributed by atoms with E-state index in [2.05, 4.69) is 10.0 Å². The Bertz CT molecular complexity index is 918. The second kappa shape index (κ2) is 8.72. The molecule has 0 fully saturated rings. The molecular formula is C18H21FN2O5S. The largest absolute Gasteiger partial charge is 0.493 e. The zero-order chi connectivity index (χ0) is 20.0. The van der Waals surface area contributed by atoms with E-state index in [-0.39, 0.29) is 5.69 Å². The first kappa shape index (κ1) is 20.5. The molecule has 0 aliphatic carbocycles. The zero-order valence-electron chi connectivity index (χ0n) is 15.2. The topological polar surface area (TPSA) is 93.7 Å². The SMILES string of the molecule is COc1ccc(NC(=O)C(C)CS(=O)(=O)Nc2cccc(F)c2)cc1OC. The van der Waals surface area contributed by atoms with Crippen LogP contribution in [0.25, 0.3) is 0 Å². The molecule has 0 aromatic heterocycles. The summed E-state index contributed by atoms with van der Waals surface area (Å²) in [6, 6.07) is 9.90. The first-order valence-electron chi connectivity index (χ1n) is 8.03. The Balaban J connectivity index is 2.02. The molecule has 0 spiro atoms. The molecule has 0 saturated heterocycles. The van der Waals surface area contributed by atoms with Crippen molar-refractivity contribution in [3.63, 3.8) is 0 Å². The molecule has 2 aromatic rings. The predicted octanol–water partition coefficient (Wildman–Crippen LogP) is 2.86. The van der Waals surface area contributed by atoms with Gasteiger partial charge in [0, 0.05) is 11.8 Å². The summed E-state index contributed by atoms with van der Waals surface area (Å²) < 4.78 is 50.1. The number of sulfonamides is 1. The molecule has 2 rings (SSSR count). The summed E-state index contributed by atoms with van der Waals surface area (Å²) in [5.74, 6) is -1.40. The lowest BCUT2D eigenvalue weighted by Gasteiger charge is -2.15. The second-order valence-corrected chi connectivity index (χ2v) is 7.62. The molecule has 1 unspecified atom stereocenters. The lowest BCUT2D eigenvalue weighted by atomic mass is 10.2. The Hall–Kier alpha value is -2.81. The molecule has 0 bridgehead atoms. The average Bonchev–Trinajstić information content (AvgIpc) is 2.60. The van der Waals surface area contributed by atoms with E-state index in [0.717, 1.165) is 6.07 Å². The van der Waals surface area contributed by atoms with E-state index in [4.69, 9.17) is 9.47 Å². The fraction of sp³-hybridized carbons (Fsp3) is 0.278. The molecule has 1 atom stereocenters. The van der Waals surface area contributed by atoms with E-state index in [0.29, 0.717) is 17.2 Å². The number of rotatable bonds is 8. The molecule has 0 aliphatic heterocycles. The fourth-order valence-corrected chi connectivity index (χ4v) is 3.74. The predicted molar refractivity (Wildman–Crippen MR) is 101 cm³/mol. The van der Waals surface area contributed by atoms with Crippen molar-refractivity contribution >= 4 is 27.3 Å². The Morgan fingerprint density at radius 1 is 1.07 bits per heavy atom. The van der Waals surface area contributed by atoms with Gasteiger partial charge in [0.1, 0.15) is 5.82 Å². The number of carbonyl (C=O) groups is 1. The zero-order valence-corrected chi connectivity index (χ0v) is 16.0. The van der Waals surface area contributed by atoms with Crippen LogP contribution in [-0.2, 0) is 14.8 Å². The normalized spacial score (nSPS) is 12.1. The molecule has 7 nitrogen and oxygen atoms in total. The molecule has 27 heavy (non-hydrogen) atoms. The molecule has 0 saturated carbocycles. The van der Waals surface area contributed by atoms with Gasteiger partial charge in [0.25, 0.3) is 0 Å². The summed E-state index contributed by atoms with van der Waals surface area (Å²) >= 11 is 0. The number of anilines is 2. The Morgan fingerprint density at radius 2 is 1.78 bits per heavy atom. The third kappa shape index (κ3) is 5.85. The van der Waals surface area contributed by atoms with Gasteiger partial charge >= 0.3 is 0 Å². The maximum Gasteiger partial charge on any atom is 0.233 e. The summed E-state index contributed by atoms with van der Waals surface area (Å²) in [5.41, 5.74) is 0.544. The number of carbonyl (C=O) groups excluding carboxylic acids is 1. The van der Waals surface area contributed by atoms with Crippen LogP contribution < -0.4 is 19.5 Å². The number of hydrogen-bond donors (Lipinski definition) is 2. The number of nitrogens with one attached hydrogen (secondary N) is 2. The van der Waals surface area contributed by atoms with E-state index >= 15 is 0 Å². The number of methoxy groups -OCH3 is 2. The van der Waals surface area contributed by atoms with Crippen molar-refractivity contribution in [1.82, 2.24) is 0 Å². The minimum atomic E-state index is -3.83. The molecule has 9 heteroatoms. The van der Waals surface area contributed by atoms with E-state index in [1.54, 1.807) is 18.2 Å². The number of benzene rings is 2. The van der Waals surface area contributed by atoms with Crippen LogP contribution in [0.15, 0.2) is 42.5 Å². The Labute approximate surface area is 157 Å². The minimum absolute atomic E-state index is 0.0995. The van der Waals surface area contributed by atoms with Gasteiger partial charge in [-0.15, -0.1) is 0 Å². The van der Waals surface area contributed by atoms with Gasteiger partial charge in [0.2, 0.25) is 15.9 Å². The first-order chi connectivity index (χ1) is 12.7. The Morgan fingerprint density at radius 3 is 2.41 bits per heavy atom. The minimum Gasteiger partial charge on any atom is -0.493 e. The molecule has 0 heterocycles. The van der Waals surface area contributed by atoms with E-state index in [1.165, 1.54) is 39.3 Å². The molecule has 0 radical (unpaired) electrons. The van der Waals surface area contributed by atoms with Crippen LogP contribution in [0.1, 0.15) is 6.92 Å². The highest BCUT2D eigenvalue weighted by molar-refractivity contribution is 7.92. The highest BCUT2D eigenvalue weighted by atomic mass is 32.2. The standard InChI is InChI=1S/C18H21FN2O5S/c1-12(11-27(23,24)21-15-6-4-5-13(19)9-15)18(22)20-14-7-8-16(25-2)17(10-14)26-3/h4-10,12,21H,11H2,1-3H3,(H,20,22). The van der Waals surface area contributed by atoms with Crippen LogP contribution in [0.5, 0.6) is 11.5 Å². The van der Waals surface area contributed by atoms with Crippen molar-refractivity contribution in [3.05, 3.63) is 48.3 Å². The van der Waals surface area contributed by atoms with E-state index in [9.17, 15) is 17.6 Å². The molecular weight excluding hydrogens is 375 g/mol. The van der Waals surface area contributed by atoms with Crippen molar-refractivity contribution in [2.45, 2.75) is 6.92 Å². The van der Waals surface area contributed by atoms with Crippen LogP contribution in [0.2, 0.25) is 0 Å². The van der Waals surface area contributed by atoms with Gasteiger partial charge in [-0.3, -0.25) is 9.52 Å². The van der Waals surface area contributed by atoms with E-state index in [1.807, 2.05) is 0 Å². The van der Waals surface area contributed by atoms with Gasteiger partial charge in [-0.05, 0) is 30.3 Å². The maximum absolute atomic E-state index is 13.2. The molecule has 146 valence electrons. The second-order valence-electron chi connectivity index (χ2n) is 5.85. The monoisotopic (exact) mass is 396 g/mol. The molecule has 2 N–H and O–H groups in total. The van der Waals surface area contributed by atoms with Crippen LogP contribution in [0.4, 0.5) is 15.8 Å². The van der Waals surface area contributed by atoms with Gasteiger partial charge in [0.05, 0.1) is 31.6 Å². The summed E-state index contributed by atoms with van der Waals surface area (Å²) in [5, 5.41) is 2.64. The molecule has 2 aromatic carbocycles. The smallest absolute Gasteiger partial charge is 0.233 e. The quantitative estimate of drug-likeness (QED) is 0.716. The molecule has 0 aliphatic rings. The van der Waals surface area contributed by atoms with Crippen LogP contribution in [-0.4, -0.2) is 34.3 Å². The fourth-order valence-electron chi connectivity index (χ4n) is 2.36. The number of hydrogen-bond acceptors (Lipinski definition) is 5. The van der Waals surface area contributed by atoms with Crippen molar-refractivity contribution in [3.8, 4) is 11.5 Å². The average molecular weight is 396 g/mol.